The van der Waals surface area contributed by atoms with E-state index in [-0.39, 0.29) is 11.3 Å². The van der Waals surface area contributed by atoms with Gasteiger partial charge in [0.2, 0.25) is 0 Å². The highest BCUT2D eigenvalue weighted by molar-refractivity contribution is 5.74. The number of aromatic hydroxyl groups is 1. The summed E-state index contributed by atoms with van der Waals surface area (Å²) in [5, 5.41) is 29.2. The number of rotatable bonds is 5. The Morgan fingerprint density at radius 2 is 2.00 bits per heavy atom. The molecule has 1 atom stereocenters. The van der Waals surface area contributed by atoms with Crippen molar-refractivity contribution in [3.8, 4) is 28.1 Å². The fourth-order valence-corrected chi connectivity index (χ4v) is 4.04. The van der Waals surface area contributed by atoms with E-state index in [2.05, 4.69) is 30.6 Å². The minimum atomic E-state index is -0.450. The lowest BCUT2D eigenvalue weighted by Gasteiger charge is -2.29. The van der Waals surface area contributed by atoms with Gasteiger partial charge in [0.15, 0.2) is 5.82 Å². The molecule has 7 nitrogen and oxygen atoms in total. The third kappa shape index (κ3) is 3.55. The summed E-state index contributed by atoms with van der Waals surface area (Å²) in [6.45, 7) is 1.86. The van der Waals surface area contributed by atoms with E-state index < -0.39 is 5.82 Å². The second-order valence-corrected chi connectivity index (χ2v) is 7.84. The molecule has 2 aliphatic rings. The minimum Gasteiger partial charge on any atom is -0.507 e. The molecule has 5 rings (SSSR count). The van der Waals surface area contributed by atoms with Gasteiger partial charge in [-0.2, -0.15) is 5.10 Å². The Hall–Kier alpha value is -3.00. The van der Waals surface area contributed by atoms with Crippen LogP contribution in [0.2, 0.25) is 0 Å². The molecule has 0 unspecified atom stereocenters. The fourth-order valence-electron chi connectivity index (χ4n) is 4.04. The first-order valence-electron chi connectivity index (χ1n) is 10.0. The number of H-pyrrole nitrogens is 1. The molecule has 150 valence electrons. The predicted octanol–water partition coefficient (Wildman–Crippen LogP) is 3.10. The number of benzene rings is 1. The van der Waals surface area contributed by atoms with Crippen molar-refractivity contribution in [2.75, 3.05) is 18.0 Å². The number of phenolic OH excluding ortho intramolecular Hbond substituents is 1. The molecule has 0 bridgehead atoms. The van der Waals surface area contributed by atoms with Crippen molar-refractivity contribution in [3.05, 3.63) is 42.5 Å². The van der Waals surface area contributed by atoms with E-state index in [0.29, 0.717) is 28.9 Å². The molecule has 1 aliphatic heterocycles. The maximum absolute atomic E-state index is 14.6. The van der Waals surface area contributed by atoms with Crippen molar-refractivity contribution >= 4 is 5.82 Å². The van der Waals surface area contributed by atoms with Gasteiger partial charge in [-0.3, -0.25) is 5.10 Å². The topological polar surface area (TPSA) is 90.0 Å². The predicted molar refractivity (Wildman–Crippen MR) is 108 cm³/mol. The first-order valence-corrected chi connectivity index (χ1v) is 10.0. The number of nitrogens with one attached hydrogen (secondary N) is 2. The first kappa shape index (κ1) is 18.1. The molecule has 0 spiro atoms. The Morgan fingerprint density at radius 3 is 2.69 bits per heavy atom. The van der Waals surface area contributed by atoms with Gasteiger partial charge in [-0.25, -0.2) is 4.39 Å². The number of phenols is 1. The molecule has 3 N–H and O–H groups in total. The molecule has 1 saturated carbocycles. The summed E-state index contributed by atoms with van der Waals surface area (Å²) >= 11 is 0. The van der Waals surface area contributed by atoms with Crippen LogP contribution < -0.4 is 10.2 Å². The van der Waals surface area contributed by atoms with Gasteiger partial charge in [0, 0.05) is 48.1 Å². The van der Waals surface area contributed by atoms with Crippen LogP contribution in [0.15, 0.2) is 36.7 Å². The van der Waals surface area contributed by atoms with E-state index in [0.717, 1.165) is 25.3 Å². The smallest absolute Gasteiger partial charge is 0.151 e. The number of aromatic nitrogens is 4. The largest absolute Gasteiger partial charge is 0.507 e. The number of nitrogens with zero attached hydrogens (tertiary/aromatic N) is 4. The molecule has 1 aromatic carbocycles. The number of anilines is 1. The standard InChI is InChI=1S/C21H23FN6O/c22-18-8-17(20(29)9-16(18)13-10-23-24-11-13)19-4-5-21(27-26-19)28-7-6-15(12-28)25-14-2-1-3-14/h4-5,8-11,14-15,25,29H,1-3,6-7,12H2,(H,23,24)/t15-/m1/s1. The molecular formula is C21H23FN6O. The Kier molecular flexibility index (Phi) is 4.63. The average molecular weight is 394 g/mol. The summed E-state index contributed by atoms with van der Waals surface area (Å²) in [6, 6.07) is 7.51. The average Bonchev–Trinajstić information content (AvgIpc) is 3.38. The van der Waals surface area contributed by atoms with Crippen LogP contribution in [0.5, 0.6) is 5.75 Å². The van der Waals surface area contributed by atoms with Crippen molar-refractivity contribution in [3.63, 3.8) is 0 Å². The van der Waals surface area contributed by atoms with Crippen molar-refractivity contribution < 1.29 is 9.50 Å². The molecule has 3 aromatic rings. The van der Waals surface area contributed by atoms with Gasteiger partial charge in [0.25, 0.3) is 0 Å². The Labute approximate surface area is 168 Å². The van der Waals surface area contributed by atoms with E-state index in [1.165, 1.54) is 37.6 Å². The van der Waals surface area contributed by atoms with Crippen molar-refractivity contribution in [1.82, 2.24) is 25.7 Å². The number of halogens is 1. The fraction of sp³-hybridized carbons (Fsp3) is 0.381. The number of hydrogen-bond donors (Lipinski definition) is 3. The van der Waals surface area contributed by atoms with Crippen LogP contribution in [0.3, 0.4) is 0 Å². The van der Waals surface area contributed by atoms with E-state index >= 15 is 0 Å². The lowest BCUT2D eigenvalue weighted by molar-refractivity contribution is 0.311. The maximum atomic E-state index is 14.6. The maximum Gasteiger partial charge on any atom is 0.151 e. The van der Waals surface area contributed by atoms with E-state index in [1.54, 1.807) is 12.3 Å². The molecule has 29 heavy (non-hydrogen) atoms. The quantitative estimate of drug-likeness (QED) is 0.616. The summed E-state index contributed by atoms with van der Waals surface area (Å²) in [7, 11) is 0. The molecule has 2 aromatic heterocycles. The van der Waals surface area contributed by atoms with Gasteiger partial charge < -0.3 is 15.3 Å². The summed E-state index contributed by atoms with van der Waals surface area (Å²) in [5.41, 5.74) is 1.61. The number of hydrogen-bond acceptors (Lipinski definition) is 6. The van der Waals surface area contributed by atoms with Gasteiger partial charge in [0.05, 0.1) is 11.9 Å². The highest BCUT2D eigenvalue weighted by Crippen LogP contribution is 2.34. The van der Waals surface area contributed by atoms with Gasteiger partial charge in [-0.1, -0.05) is 6.42 Å². The summed E-state index contributed by atoms with van der Waals surface area (Å²) in [4.78, 5) is 2.22. The van der Waals surface area contributed by atoms with Gasteiger partial charge in [-0.15, -0.1) is 10.2 Å². The Balaban J connectivity index is 1.32. The highest BCUT2D eigenvalue weighted by atomic mass is 19.1. The van der Waals surface area contributed by atoms with E-state index in [4.69, 9.17) is 0 Å². The first-order chi connectivity index (χ1) is 14.2. The zero-order chi connectivity index (χ0) is 19.8. The van der Waals surface area contributed by atoms with Crippen LogP contribution in [-0.4, -0.2) is 50.7 Å². The molecule has 0 radical (unpaired) electrons. The van der Waals surface area contributed by atoms with E-state index in [9.17, 15) is 9.50 Å². The molecule has 3 heterocycles. The van der Waals surface area contributed by atoms with Crippen LogP contribution in [0, 0.1) is 5.82 Å². The van der Waals surface area contributed by atoms with Crippen LogP contribution >= 0.6 is 0 Å². The van der Waals surface area contributed by atoms with Crippen LogP contribution in [0.1, 0.15) is 25.7 Å². The van der Waals surface area contributed by atoms with Crippen LogP contribution in [-0.2, 0) is 0 Å². The van der Waals surface area contributed by atoms with Gasteiger partial charge in [0.1, 0.15) is 11.6 Å². The monoisotopic (exact) mass is 394 g/mol. The molecule has 1 saturated heterocycles. The van der Waals surface area contributed by atoms with Gasteiger partial charge in [-0.05, 0) is 43.5 Å². The van der Waals surface area contributed by atoms with Crippen LogP contribution in [0.4, 0.5) is 10.2 Å². The van der Waals surface area contributed by atoms with Crippen molar-refractivity contribution in [2.45, 2.75) is 37.8 Å². The molecule has 8 heteroatoms. The molecule has 0 amide bonds. The van der Waals surface area contributed by atoms with Crippen molar-refractivity contribution in [2.24, 2.45) is 0 Å². The summed E-state index contributed by atoms with van der Waals surface area (Å²) in [5.74, 6) is 0.312. The third-order valence-corrected chi connectivity index (χ3v) is 5.91. The second kappa shape index (κ2) is 7.44. The third-order valence-electron chi connectivity index (χ3n) is 5.91. The number of aromatic amines is 1. The van der Waals surface area contributed by atoms with E-state index in [1.807, 2.05) is 6.07 Å². The Bertz CT molecular complexity index is 987. The normalized spacial score (nSPS) is 19.5. The molecular weight excluding hydrogens is 371 g/mol. The molecule has 1 aliphatic carbocycles. The molecule has 2 fully saturated rings. The van der Waals surface area contributed by atoms with Gasteiger partial charge >= 0.3 is 0 Å². The SMILES string of the molecule is Oc1cc(-c2cn[nH]c2)c(F)cc1-c1ccc(N2CC[C@@H](NC3CCC3)C2)nn1. The van der Waals surface area contributed by atoms with Crippen molar-refractivity contribution in [1.29, 1.82) is 0 Å². The lowest BCUT2D eigenvalue weighted by atomic mass is 9.92. The second-order valence-electron chi connectivity index (χ2n) is 7.84. The summed E-state index contributed by atoms with van der Waals surface area (Å²) in [6.07, 6.45) is 8.08. The highest BCUT2D eigenvalue weighted by Gasteiger charge is 2.28. The summed E-state index contributed by atoms with van der Waals surface area (Å²) < 4.78 is 14.6. The van der Waals surface area contributed by atoms with Crippen LogP contribution in [0.25, 0.3) is 22.4 Å². The minimum absolute atomic E-state index is 0.0458. The zero-order valence-electron chi connectivity index (χ0n) is 16.0. The zero-order valence-corrected chi connectivity index (χ0v) is 16.0. The lowest BCUT2D eigenvalue weighted by Crippen LogP contribution is -2.43. The Morgan fingerprint density at radius 1 is 1.10 bits per heavy atom.